The minimum absolute atomic E-state index is 0.0284. The second-order valence-electron chi connectivity index (χ2n) is 8.61. The van der Waals surface area contributed by atoms with Gasteiger partial charge in [-0.2, -0.15) is 0 Å². The highest BCUT2D eigenvalue weighted by atomic mass is 32.1. The van der Waals surface area contributed by atoms with Gasteiger partial charge in [0.15, 0.2) is 6.23 Å². The number of carbonyl (C=O) groups is 2. The van der Waals surface area contributed by atoms with E-state index in [2.05, 4.69) is 31.8 Å². The van der Waals surface area contributed by atoms with Crippen molar-refractivity contribution in [3.8, 4) is 11.8 Å². The Morgan fingerprint density at radius 3 is 2.67 bits per heavy atom. The third kappa shape index (κ3) is 4.11. The molecule has 0 saturated carbocycles. The van der Waals surface area contributed by atoms with E-state index in [9.17, 15) is 9.59 Å². The van der Waals surface area contributed by atoms with Gasteiger partial charge < -0.3 is 4.74 Å². The number of fused-ring (bicyclic) bond motifs is 1. The van der Waals surface area contributed by atoms with Crippen molar-refractivity contribution in [3.63, 3.8) is 0 Å². The Morgan fingerprint density at radius 2 is 2.04 bits per heavy atom. The van der Waals surface area contributed by atoms with E-state index >= 15 is 0 Å². The Balaban J connectivity index is 1.96. The van der Waals surface area contributed by atoms with Crippen molar-refractivity contribution in [2.45, 2.75) is 60.6 Å². The van der Waals surface area contributed by atoms with Crippen LogP contribution < -0.4 is 4.90 Å². The molecule has 2 heterocycles. The Hall–Kier alpha value is -2.06. The van der Waals surface area contributed by atoms with Crippen molar-refractivity contribution in [2.75, 3.05) is 4.90 Å². The molecule has 0 N–H and O–H groups in total. The summed E-state index contributed by atoms with van der Waals surface area (Å²) in [5, 5.41) is 0. The summed E-state index contributed by atoms with van der Waals surface area (Å²) >= 11 is 1.30. The number of rotatable bonds is 1. The molecular weight excluding hydrogens is 358 g/mol. The number of amides is 1. The van der Waals surface area contributed by atoms with Crippen LogP contribution in [0.1, 0.15) is 68.9 Å². The molecule has 4 nitrogen and oxygen atoms in total. The predicted molar refractivity (Wildman–Crippen MR) is 109 cm³/mol. The van der Waals surface area contributed by atoms with Gasteiger partial charge in [0.05, 0.1) is 10.6 Å². The van der Waals surface area contributed by atoms with Gasteiger partial charge >= 0.3 is 5.97 Å². The molecule has 0 fully saturated rings. The predicted octanol–water partition coefficient (Wildman–Crippen LogP) is 4.99. The lowest BCUT2D eigenvalue weighted by molar-refractivity contribution is -0.126. The fraction of sp³-hybridized carbons (Fsp3) is 0.545. The fourth-order valence-electron chi connectivity index (χ4n) is 3.59. The third-order valence-electron chi connectivity index (χ3n) is 4.97. The maximum absolute atomic E-state index is 13.4. The number of carbonyl (C=O) groups excluding carboxylic acids is 2. The van der Waals surface area contributed by atoms with Crippen LogP contribution in [-0.4, -0.2) is 18.1 Å². The molecule has 1 aromatic heterocycles. The zero-order valence-corrected chi connectivity index (χ0v) is 17.7. The molecule has 0 saturated heterocycles. The second-order valence-corrected chi connectivity index (χ2v) is 9.66. The van der Waals surface area contributed by atoms with Gasteiger partial charge in [0, 0.05) is 11.3 Å². The average molecular weight is 386 g/mol. The highest BCUT2D eigenvalue weighted by Gasteiger charge is 2.40. The summed E-state index contributed by atoms with van der Waals surface area (Å²) in [4.78, 5) is 28.6. The van der Waals surface area contributed by atoms with Crippen LogP contribution >= 0.6 is 11.3 Å². The summed E-state index contributed by atoms with van der Waals surface area (Å²) in [7, 11) is 0. The molecule has 3 atom stereocenters. The molecule has 2 aliphatic rings. The lowest BCUT2D eigenvalue weighted by atomic mass is 9.80. The minimum atomic E-state index is -0.602. The largest absolute Gasteiger partial charge is 0.437 e. The van der Waals surface area contributed by atoms with E-state index in [4.69, 9.17) is 4.74 Å². The molecule has 5 heteroatoms. The maximum Gasteiger partial charge on any atom is 0.352 e. The SMILES string of the molecule is CC1=CC[C@H](C(=O)N2c3cc(C#CC(C)(C)C)sc3C(=O)OC2C)[C@@H](C)C1. The first-order valence-corrected chi connectivity index (χ1v) is 10.2. The van der Waals surface area contributed by atoms with Gasteiger partial charge in [-0.3, -0.25) is 9.69 Å². The molecule has 1 amide bonds. The summed E-state index contributed by atoms with van der Waals surface area (Å²) in [6.45, 7) is 12.1. The van der Waals surface area contributed by atoms with E-state index in [1.54, 1.807) is 11.8 Å². The van der Waals surface area contributed by atoms with Crippen LogP contribution in [0, 0.1) is 29.1 Å². The number of anilines is 1. The molecule has 27 heavy (non-hydrogen) atoms. The first-order chi connectivity index (χ1) is 12.6. The molecule has 0 aromatic carbocycles. The van der Waals surface area contributed by atoms with Crippen molar-refractivity contribution < 1.29 is 14.3 Å². The van der Waals surface area contributed by atoms with Crippen LogP contribution in [0.3, 0.4) is 0 Å². The van der Waals surface area contributed by atoms with Crippen LogP contribution in [0.25, 0.3) is 0 Å². The van der Waals surface area contributed by atoms with E-state index in [1.165, 1.54) is 16.9 Å². The number of nitrogens with zero attached hydrogens (tertiary/aromatic N) is 1. The Kier molecular flexibility index (Phi) is 5.22. The first kappa shape index (κ1) is 19.7. The van der Waals surface area contributed by atoms with Crippen LogP contribution in [0.2, 0.25) is 0 Å². The number of cyclic esters (lactones) is 1. The molecule has 144 valence electrons. The van der Waals surface area contributed by atoms with Crippen molar-refractivity contribution in [1.82, 2.24) is 0 Å². The lowest BCUT2D eigenvalue weighted by Crippen LogP contribution is -2.49. The highest BCUT2D eigenvalue weighted by Crippen LogP contribution is 2.39. The van der Waals surface area contributed by atoms with Crippen molar-refractivity contribution in [2.24, 2.45) is 17.3 Å². The molecule has 1 unspecified atom stereocenters. The second kappa shape index (κ2) is 7.16. The molecule has 3 rings (SSSR count). The van der Waals surface area contributed by atoms with Gasteiger partial charge in [0.1, 0.15) is 4.88 Å². The van der Waals surface area contributed by atoms with Crippen LogP contribution in [-0.2, 0) is 9.53 Å². The van der Waals surface area contributed by atoms with Gasteiger partial charge in [-0.15, -0.1) is 11.3 Å². The van der Waals surface area contributed by atoms with E-state index in [0.29, 0.717) is 10.6 Å². The van der Waals surface area contributed by atoms with Crippen LogP contribution in [0.15, 0.2) is 17.7 Å². The smallest absolute Gasteiger partial charge is 0.352 e. The van der Waals surface area contributed by atoms with Crippen molar-refractivity contribution in [3.05, 3.63) is 27.5 Å². The summed E-state index contributed by atoms with van der Waals surface area (Å²) in [5.41, 5.74) is 1.85. The number of hydrogen-bond acceptors (Lipinski definition) is 4. The molecule has 0 bridgehead atoms. The molecule has 1 aliphatic carbocycles. The number of allylic oxidation sites excluding steroid dienone is 2. The van der Waals surface area contributed by atoms with Gasteiger partial charge in [-0.1, -0.05) is 30.4 Å². The Morgan fingerprint density at radius 1 is 1.33 bits per heavy atom. The van der Waals surface area contributed by atoms with Gasteiger partial charge in [0.25, 0.3) is 0 Å². The number of ether oxygens (including phenoxy) is 1. The fourth-order valence-corrected chi connectivity index (χ4v) is 4.47. The topological polar surface area (TPSA) is 46.6 Å². The Labute approximate surface area is 165 Å². The van der Waals surface area contributed by atoms with E-state index in [1.807, 2.05) is 26.8 Å². The quantitative estimate of drug-likeness (QED) is 0.389. The lowest BCUT2D eigenvalue weighted by Gasteiger charge is -2.37. The van der Waals surface area contributed by atoms with E-state index in [-0.39, 0.29) is 29.1 Å². The van der Waals surface area contributed by atoms with Crippen LogP contribution in [0.4, 0.5) is 5.69 Å². The monoisotopic (exact) mass is 385 g/mol. The standard InChI is InChI=1S/C22H27NO3S/c1-13-7-8-17(14(2)11-13)20(24)23-15(3)26-21(25)19-18(23)12-16(27-19)9-10-22(4,5)6/h7,12,14-15,17H,8,11H2,1-6H3/t14-,15?,17-/m0/s1. The molecule has 0 spiro atoms. The summed E-state index contributed by atoms with van der Waals surface area (Å²) in [6.07, 6.45) is 3.21. The zero-order valence-electron chi connectivity index (χ0n) is 16.9. The van der Waals surface area contributed by atoms with Gasteiger partial charge in [-0.25, -0.2) is 4.79 Å². The van der Waals surface area contributed by atoms with Gasteiger partial charge in [0.2, 0.25) is 5.91 Å². The highest BCUT2D eigenvalue weighted by molar-refractivity contribution is 7.15. The number of hydrogen-bond donors (Lipinski definition) is 0. The number of thiophene rings is 1. The van der Waals surface area contributed by atoms with Crippen LogP contribution in [0.5, 0.6) is 0 Å². The summed E-state index contributed by atoms with van der Waals surface area (Å²) < 4.78 is 5.47. The van der Waals surface area contributed by atoms with E-state index in [0.717, 1.165) is 17.7 Å². The number of esters is 1. The third-order valence-corrected chi connectivity index (χ3v) is 5.98. The molecule has 1 aromatic rings. The van der Waals surface area contributed by atoms with Gasteiger partial charge in [-0.05, 0) is 59.4 Å². The molecule has 0 radical (unpaired) electrons. The van der Waals surface area contributed by atoms with E-state index < -0.39 is 6.23 Å². The normalized spacial score (nSPS) is 25.1. The Bertz CT molecular complexity index is 862. The maximum atomic E-state index is 13.4. The zero-order chi connectivity index (χ0) is 19.9. The summed E-state index contributed by atoms with van der Waals surface area (Å²) in [5.74, 6) is 6.17. The average Bonchev–Trinajstić information content (AvgIpc) is 2.96. The first-order valence-electron chi connectivity index (χ1n) is 9.43. The van der Waals surface area contributed by atoms with Crippen molar-refractivity contribution in [1.29, 1.82) is 0 Å². The molecule has 1 aliphatic heterocycles. The molecular formula is C22H27NO3S. The minimum Gasteiger partial charge on any atom is -0.437 e. The van der Waals surface area contributed by atoms with Crippen molar-refractivity contribution >= 4 is 28.9 Å². The summed E-state index contributed by atoms with van der Waals surface area (Å²) in [6, 6.07) is 1.86.